The van der Waals surface area contributed by atoms with Crippen molar-refractivity contribution in [2.75, 3.05) is 12.3 Å². The van der Waals surface area contributed by atoms with Gasteiger partial charge in [0.15, 0.2) is 11.5 Å². The Morgan fingerprint density at radius 3 is 2.69 bits per heavy atom. The first-order chi connectivity index (χ1) is 12.1. The van der Waals surface area contributed by atoms with Crippen LogP contribution in [0.15, 0.2) is 12.7 Å². The highest BCUT2D eigenvalue weighted by Gasteiger charge is 2.43. The van der Waals surface area contributed by atoms with Crippen LogP contribution >= 0.6 is 15.6 Å². The molecule has 1 aliphatic heterocycles. The largest absolute Gasteiger partial charge is 0.481 e. The minimum absolute atomic E-state index is 0.0599. The molecule has 2 aromatic heterocycles. The lowest BCUT2D eigenvalue weighted by Gasteiger charge is -2.19. The average Bonchev–Trinajstić information content (AvgIpc) is 3.08. The number of phosphoric acid groups is 2. The second kappa shape index (κ2) is 6.93. The lowest BCUT2D eigenvalue weighted by Crippen LogP contribution is -2.27. The van der Waals surface area contributed by atoms with Crippen LogP contribution in [0.4, 0.5) is 5.82 Å². The van der Waals surface area contributed by atoms with E-state index in [9.17, 15) is 19.1 Å². The molecule has 0 saturated carbocycles. The average molecular weight is 411 g/mol. The first-order valence-electron chi connectivity index (χ1n) is 7.07. The predicted octanol–water partition coefficient (Wildman–Crippen LogP) is -0.717. The molecule has 0 aliphatic carbocycles. The molecular formula is C10H15N5O9P2. The molecule has 1 aliphatic rings. The summed E-state index contributed by atoms with van der Waals surface area (Å²) in [5.41, 5.74) is 6.35. The van der Waals surface area contributed by atoms with Gasteiger partial charge in [0.1, 0.15) is 30.3 Å². The van der Waals surface area contributed by atoms with Gasteiger partial charge in [-0.1, -0.05) is 0 Å². The molecule has 0 amide bonds. The van der Waals surface area contributed by atoms with Gasteiger partial charge in [0, 0.05) is 6.42 Å². The number of aliphatic hydroxyl groups excluding tert-OH is 1. The number of hydrogen-bond donors (Lipinski definition) is 5. The van der Waals surface area contributed by atoms with E-state index in [1.807, 2.05) is 0 Å². The summed E-state index contributed by atoms with van der Waals surface area (Å²) in [7, 11) is -10.4. The van der Waals surface area contributed by atoms with Gasteiger partial charge in [0.2, 0.25) is 0 Å². The van der Waals surface area contributed by atoms with E-state index in [4.69, 9.17) is 24.8 Å². The number of rotatable bonds is 6. The van der Waals surface area contributed by atoms with Crippen LogP contribution in [0.25, 0.3) is 11.2 Å². The summed E-state index contributed by atoms with van der Waals surface area (Å²) in [5.74, 6) is 0.146. The first-order valence-corrected chi connectivity index (χ1v) is 10.1. The standard InChI is InChI=1S/C10H15N5O9P2/c11-9-8-10(13-3-12-9)15(4-14-8)7-1-5(6(2-16)22-7)23-26(20,21)24-25(17,18)19/h3-7,16H,1-2H2,(H,20,21)(H2,11,12,13)(H2,17,18,19)/t5-,6+,7+/m0/s1. The van der Waals surface area contributed by atoms with E-state index in [-0.39, 0.29) is 12.2 Å². The summed E-state index contributed by atoms with van der Waals surface area (Å²) in [5, 5.41) is 9.40. The number of nitrogen functional groups attached to an aromatic ring is 1. The van der Waals surface area contributed by atoms with Crippen molar-refractivity contribution >= 4 is 32.6 Å². The minimum Gasteiger partial charge on any atom is -0.394 e. The van der Waals surface area contributed by atoms with Gasteiger partial charge in [-0.15, -0.1) is 0 Å². The number of aromatic nitrogens is 4. The Morgan fingerprint density at radius 1 is 1.31 bits per heavy atom. The van der Waals surface area contributed by atoms with E-state index >= 15 is 0 Å². The van der Waals surface area contributed by atoms with E-state index in [0.717, 1.165) is 0 Å². The molecular weight excluding hydrogens is 396 g/mol. The van der Waals surface area contributed by atoms with E-state index in [1.165, 1.54) is 17.2 Å². The van der Waals surface area contributed by atoms with Crippen molar-refractivity contribution < 1.29 is 42.5 Å². The van der Waals surface area contributed by atoms with Crippen LogP contribution in [0.2, 0.25) is 0 Å². The molecule has 0 spiro atoms. The highest BCUT2D eigenvalue weighted by atomic mass is 31.3. The molecule has 0 bridgehead atoms. The zero-order valence-electron chi connectivity index (χ0n) is 12.9. The monoisotopic (exact) mass is 411 g/mol. The maximum absolute atomic E-state index is 11.7. The van der Waals surface area contributed by atoms with Crippen molar-refractivity contribution in [3.63, 3.8) is 0 Å². The summed E-state index contributed by atoms with van der Waals surface area (Å²) in [6.45, 7) is -0.583. The van der Waals surface area contributed by atoms with Crippen LogP contribution in [0.5, 0.6) is 0 Å². The van der Waals surface area contributed by atoms with Crippen LogP contribution in [0.3, 0.4) is 0 Å². The van der Waals surface area contributed by atoms with Crippen molar-refractivity contribution in [3.05, 3.63) is 12.7 Å². The third-order valence-corrected chi connectivity index (χ3v) is 5.75. The Hall–Kier alpha value is -1.47. The molecule has 3 rings (SSSR count). The summed E-state index contributed by atoms with van der Waals surface area (Å²) >= 11 is 0. The number of anilines is 1. The fraction of sp³-hybridized carbons (Fsp3) is 0.500. The van der Waals surface area contributed by atoms with E-state index in [1.54, 1.807) is 0 Å². The molecule has 1 fully saturated rings. The Kier molecular flexibility index (Phi) is 5.14. The Labute approximate surface area is 145 Å². The van der Waals surface area contributed by atoms with E-state index in [0.29, 0.717) is 11.2 Å². The van der Waals surface area contributed by atoms with Crippen molar-refractivity contribution in [1.82, 2.24) is 19.5 Å². The fourth-order valence-electron chi connectivity index (χ4n) is 2.55. The number of ether oxygens (including phenoxy) is 1. The van der Waals surface area contributed by atoms with Crippen LogP contribution in [-0.2, 0) is 22.7 Å². The Morgan fingerprint density at radius 2 is 2.04 bits per heavy atom. The van der Waals surface area contributed by atoms with Gasteiger partial charge >= 0.3 is 15.6 Å². The summed E-state index contributed by atoms with van der Waals surface area (Å²) < 4.78 is 38.0. The van der Waals surface area contributed by atoms with Gasteiger partial charge in [-0.2, -0.15) is 4.31 Å². The predicted molar refractivity (Wildman–Crippen MR) is 83.2 cm³/mol. The fourth-order valence-corrected chi connectivity index (χ4v) is 4.34. The van der Waals surface area contributed by atoms with Gasteiger partial charge in [-0.25, -0.2) is 24.1 Å². The van der Waals surface area contributed by atoms with Crippen molar-refractivity contribution in [2.24, 2.45) is 0 Å². The molecule has 6 N–H and O–H groups in total. The number of fused-ring (bicyclic) bond motifs is 1. The summed E-state index contributed by atoms with van der Waals surface area (Å²) in [6, 6.07) is 0. The normalized spacial score (nSPS) is 26.2. The first kappa shape index (κ1) is 19.3. The van der Waals surface area contributed by atoms with Gasteiger partial charge < -0.3 is 30.3 Å². The summed E-state index contributed by atoms with van der Waals surface area (Å²) in [4.78, 5) is 38.7. The number of phosphoric ester groups is 1. The third-order valence-electron chi connectivity index (χ3n) is 3.54. The molecule has 0 aromatic carbocycles. The Balaban J connectivity index is 1.81. The molecule has 144 valence electrons. The van der Waals surface area contributed by atoms with Crippen LogP contribution in [0, 0.1) is 0 Å². The van der Waals surface area contributed by atoms with E-state index < -0.39 is 40.7 Å². The van der Waals surface area contributed by atoms with Crippen molar-refractivity contribution in [1.29, 1.82) is 0 Å². The molecule has 2 aromatic rings. The van der Waals surface area contributed by atoms with Gasteiger partial charge in [-0.3, -0.25) is 9.09 Å². The molecule has 0 radical (unpaired) electrons. The van der Waals surface area contributed by atoms with Gasteiger partial charge in [-0.05, 0) is 0 Å². The van der Waals surface area contributed by atoms with Crippen molar-refractivity contribution in [3.8, 4) is 0 Å². The smallest absolute Gasteiger partial charge is 0.394 e. The highest BCUT2D eigenvalue weighted by molar-refractivity contribution is 7.60. The highest BCUT2D eigenvalue weighted by Crippen LogP contribution is 2.59. The van der Waals surface area contributed by atoms with Gasteiger partial charge in [0.05, 0.1) is 12.9 Å². The molecule has 4 atom stereocenters. The Bertz CT molecular complexity index is 900. The third kappa shape index (κ3) is 4.09. The number of imidazole rings is 1. The lowest BCUT2D eigenvalue weighted by atomic mass is 10.2. The van der Waals surface area contributed by atoms with Gasteiger partial charge in [0.25, 0.3) is 0 Å². The molecule has 3 heterocycles. The molecule has 26 heavy (non-hydrogen) atoms. The quantitative estimate of drug-likeness (QED) is 0.372. The molecule has 1 unspecified atom stereocenters. The topological polar surface area (TPSA) is 212 Å². The molecule has 16 heteroatoms. The SMILES string of the molecule is Nc1ncnc2c1ncn2[C@H]1C[C@H](OP(=O)(O)OP(=O)(O)O)[C@@H](CO)O1. The molecule has 14 nitrogen and oxygen atoms in total. The lowest BCUT2D eigenvalue weighted by molar-refractivity contribution is -0.0425. The van der Waals surface area contributed by atoms with Crippen LogP contribution < -0.4 is 5.73 Å². The zero-order valence-corrected chi connectivity index (χ0v) is 14.7. The number of hydrogen-bond acceptors (Lipinski definition) is 10. The number of nitrogens with two attached hydrogens (primary N) is 1. The summed E-state index contributed by atoms with van der Waals surface area (Å²) in [6.07, 6.45) is -0.525. The maximum Gasteiger partial charge on any atom is 0.481 e. The number of nitrogens with zero attached hydrogens (tertiary/aromatic N) is 4. The minimum atomic E-state index is -5.26. The number of aliphatic hydroxyl groups is 1. The van der Waals surface area contributed by atoms with Crippen molar-refractivity contribution in [2.45, 2.75) is 24.9 Å². The maximum atomic E-state index is 11.7. The van der Waals surface area contributed by atoms with Crippen LogP contribution in [-0.4, -0.2) is 58.1 Å². The molecule has 1 saturated heterocycles. The second-order valence-electron chi connectivity index (χ2n) is 5.32. The van der Waals surface area contributed by atoms with Crippen LogP contribution in [0.1, 0.15) is 12.6 Å². The zero-order chi connectivity index (χ0) is 19.1. The van der Waals surface area contributed by atoms with E-state index in [2.05, 4.69) is 19.3 Å². The second-order valence-corrected chi connectivity index (χ2v) is 8.10.